The van der Waals surface area contributed by atoms with Crippen LogP contribution < -0.4 is 16.2 Å². The number of hydrogen-bond donors (Lipinski definition) is 3. The number of pyridine rings is 1. The number of fused-ring (bicyclic) bond motifs is 1. The zero-order valence-electron chi connectivity index (χ0n) is 19.2. The number of nitrogens with one attached hydrogen (secondary N) is 3. The fourth-order valence-corrected chi connectivity index (χ4v) is 3.86. The van der Waals surface area contributed by atoms with Gasteiger partial charge in [-0.05, 0) is 42.3 Å². The number of benzene rings is 3. The number of aromatic nitrogens is 1. The van der Waals surface area contributed by atoms with Gasteiger partial charge in [-0.1, -0.05) is 54.6 Å². The molecule has 0 aliphatic heterocycles. The number of ether oxygens (including phenoxy) is 1. The number of alkyl halides is 3. The minimum atomic E-state index is -4.52. The molecule has 1 heterocycles. The molecule has 8 heteroatoms. The molecule has 3 aromatic carbocycles. The number of aromatic amines is 1. The Kier molecular flexibility index (Phi) is 7.53. The van der Waals surface area contributed by atoms with Gasteiger partial charge in [0.25, 0.3) is 5.56 Å². The Bertz CT molecular complexity index is 1340. The minimum Gasteiger partial charge on any atom is -0.383 e. The molecule has 0 spiro atoms. The van der Waals surface area contributed by atoms with Crippen molar-refractivity contribution in [1.29, 1.82) is 0 Å². The second kappa shape index (κ2) is 10.8. The lowest BCUT2D eigenvalue weighted by atomic mass is 10.0. The molecule has 0 aliphatic rings. The highest BCUT2D eigenvalue weighted by atomic mass is 19.4. The number of hydrogen-bond acceptors (Lipinski definition) is 4. The van der Waals surface area contributed by atoms with Crippen LogP contribution in [0.2, 0.25) is 0 Å². The first kappa shape index (κ1) is 24.5. The average molecular weight is 482 g/mol. The van der Waals surface area contributed by atoms with Crippen LogP contribution >= 0.6 is 0 Å². The lowest BCUT2D eigenvalue weighted by Gasteiger charge is -2.18. The molecule has 0 saturated heterocycles. The van der Waals surface area contributed by atoms with Crippen molar-refractivity contribution in [3.8, 4) is 11.3 Å². The quantitative estimate of drug-likeness (QED) is 0.298. The molecule has 4 aromatic rings. The monoisotopic (exact) mass is 481 g/mol. The molecular weight excluding hydrogens is 455 g/mol. The summed E-state index contributed by atoms with van der Waals surface area (Å²) in [5, 5.41) is 7.45. The molecule has 0 radical (unpaired) electrons. The summed E-state index contributed by atoms with van der Waals surface area (Å²) in [7, 11) is 1.85. The third-order valence-corrected chi connectivity index (χ3v) is 5.76. The van der Waals surface area contributed by atoms with Crippen molar-refractivity contribution in [1.82, 2.24) is 10.3 Å². The predicted molar refractivity (Wildman–Crippen MR) is 132 cm³/mol. The van der Waals surface area contributed by atoms with Gasteiger partial charge in [-0.15, -0.1) is 0 Å². The highest BCUT2D eigenvalue weighted by Crippen LogP contribution is 2.36. The Balaban J connectivity index is 1.46. The average Bonchev–Trinajstić information content (AvgIpc) is 2.86. The van der Waals surface area contributed by atoms with Gasteiger partial charge < -0.3 is 20.4 Å². The maximum atomic E-state index is 13.4. The lowest BCUT2D eigenvalue weighted by molar-refractivity contribution is -0.137. The molecule has 1 atom stereocenters. The van der Waals surface area contributed by atoms with Crippen LogP contribution in [0.15, 0.2) is 83.7 Å². The smallest absolute Gasteiger partial charge is 0.383 e. The van der Waals surface area contributed by atoms with Gasteiger partial charge in [-0.2, -0.15) is 13.2 Å². The number of H-pyrrole nitrogens is 1. The molecule has 0 fully saturated rings. The van der Waals surface area contributed by atoms with Crippen molar-refractivity contribution in [2.45, 2.75) is 18.8 Å². The second-order valence-corrected chi connectivity index (χ2v) is 8.22. The maximum Gasteiger partial charge on any atom is 0.417 e. The molecule has 0 amide bonds. The highest BCUT2D eigenvalue weighted by molar-refractivity contribution is 5.88. The number of halogens is 3. The largest absolute Gasteiger partial charge is 0.417 e. The fourth-order valence-electron chi connectivity index (χ4n) is 3.86. The summed E-state index contributed by atoms with van der Waals surface area (Å²) in [4.78, 5) is 15.4. The summed E-state index contributed by atoms with van der Waals surface area (Å²) in [6.45, 7) is 1.57. The van der Waals surface area contributed by atoms with E-state index in [0.717, 1.165) is 17.3 Å². The third-order valence-electron chi connectivity index (χ3n) is 5.76. The number of anilines is 1. The first-order chi connectivity index (χ1) is 16.8. The van der Waals surface area contributed by atoms with Crippen LogP contribution in [0.5, 0.6) is 0 Å². The molecule has 5 nitrogen and oxygen atoms in total. The molecular formula is C27H26F3N3O2. The minimum absolute atomic E-state index is 0.0361. The van der Waals surface area contributed by atoms with Gasteiger partial charge in [0, 0.05) is 34.9 Å². The Morgan fingerprint density at radius 3 is 2.46 bits per heavy atom. The van der Waals surface area contributed by atoms with Gasteiger partial charge in [-0.3, -0.25) is 4.79 Å². The first-order valence-electron chi connectivity index (χ1n) is 11.2. The van der Waals surface area contributed by atoms with E-state index in [-0.39, 0.29) is 17.3 Å². The van der Waals surface area contributed by atoms with Crippen LogP contribution in [0, 0.1) is 0 Å². The molecule has 3 N–H and O–H groups in total. The van der Waals surface area contributed by atoms with E-state index in [1.54, 1.807) is 24.3 Å². The summed E-state index contributed by atoms with van der Waals surface area (Å²) in [5.74, 6) is 0. The standard InChI is InChI=1S/C27H26F3N3O2/c1-31-21(17-35-16-18-7-3-2-4-8-18)15-32-20-12-11-19-13-25(33-26(34)23(19)14-20)22-9-5-6-10-24(22)27(28,29)30/h2-14,21,31-32H,15-17H2,1H3,(H,33,34). The van der Waals surface area contributed by atoms with Crippen molar-refractivity contribution in [3.63, 3.8) is 0 Å². The van der Waals surface area contributed by atoms with Crippen LogP contribution in [0.4, 0.5) is 18.9 Å². The summed E-state index contributed by atoms with van der Waals surface area (Å²) < 4.78 is 46.1. The van der Waals surface area contributed by atoms with Crippen LogP contribution in [-0.2, 0) is 17.5 Å². The Morgan fingerprint density at radius 2 is 1.71 bits per heavy atom. The summed E-state index contributed by atoms with van der Waals surface area (Å²) >= 11 is 0. The van der Waals surface area contributed by atoms with Gasteiger partial charge >= 0.3 is 6.18 Å². The molecule has 182 valence electrons. The van der Waals surface area contributed by atoms with E-state index >= 15 is 0 Å². The molecule has 0 bridgehead atoms. The van der Waals surface area contributed by atoms with Crippen molar-refractivity contribution >= 4 is 16.5 Å². The van der Waals surface area contributed by atoms with Crippen molar-refractivity contribution < 1.29 is 17.9 Å². The van der Waals surface area contributed by atoms with Crippen LogP contribution in [-0.4, -0.2) is 31.2 Å². The van der Waals surface area contributed by atoms with Gasteiger partial charge in [0.05, 0.1) is 18.8 Å². The molecule has 1 aromatic heterocycles. The molecule has 1 unspecified atom stereocenters. The van der Waals surface area contributed by atoms with Gasteiger partial charge in [-0.25, -0.2) is 0 Å². The third kappa shape index (κ3) is 6.09. The molecule has 0 saturated carbocycles. The fraction of sp³-hybridized carbons (Fsp3) is 0.222. The van der Waals surface area contributed by atoms with Crippen LogP contribution in [0.3, 0.4) is 0 Å². The summed E-state index contributed by atoms with van der Waals surface area (Å²) in [5.41, 5.74) is 0.655. The topological polar surface area (TPSA) is 66.1 Å². The van der Waals surface area contributed by atoms with Gasteiger partial charge in [0.15, 0.2) is 0 Å². The van der Waals surface area contributed by atoms with Gasteiger partial charge in [0.1, 0.15) is 0 Å². The van der Waals surface area contributed by atoms with E-state index < -0.39 is 17.3 Å². The summed E-state index contributed by atoms with van der Waals surface area (Å²) in [6.07, 6.45) is -4.52. The van der Waals surface area contributed by atoms with Crippen molar-refractivity contribution in [3.05, 3.63) is 100 Å². The van der Waals surface area contributed by atoms with E-state index in [0.29, 0.717) is 30.5 Å². The second-order valence-electron chi connectivity index (χ2n) is 8.22. The van der Waals surface area contributed by atoms with Gasteiger partial charge in [0.2, 0.25) is 0 Å². The highest BCUT2D eigenvalue weighted by Gasteiger charge is 2.33. The predicted octanol–water partition coefficient (Wildman–Crippen LogP) is 5.43. The lowest BCUT2D eigenvalue weighted by Crippen LogP contribution is -2.36. The van der Waals surface area contributed by atoms with E-state index in [1.807, 2.05) is 37.4 Å². The van der Waals surface area contributed by atoms with Crippen LogP contribution in [0.25, 0.3) is 22.0 Å². The molecule has 4 rings (SSSR count). The summed E-state index contributed by atoms with van der Waals surface area (Å²) in [6, 6.07) is 21.9. The molecule has 0 aliphatic carbocycles. The Hall–Kier alpha value is -3.62. The zero-order valence-corrected chi connectivity index (χ0v) is 19.2. The Labute approximate surface area is 201 Å². The van der Waals surface area contributed by atoms with E-state index in [2.05, 4.69) is 15.6 Å². The van der Waals surface area contributed by atoms with Crippen LogP contribution in [0.1, 0.15) is 11.1 Å². The Morgan fingerprint density at radius 1 is 0.971 bits per heavy atom. The van der Waals surface area contributed by atoms with Crippen molar-refractivity contribution in [2.24, 2.45) is 0 Å². The van der Waals surface area contributed by atoms with E-state index in [1.165, 1.54) is 18.2 Å². The first-order valence-corrected chi connectivity index (χ1v) is 11.2. The number of rotatable bonds is 9. The van der Waals surface area contributed by atoms with E-state index in [4.69, 9.17) is 4.74 Å². The van der Waals surface area contributed by atoms with Crippen molar-refractivity contribution in [2.75, 3.05) is 25.5 Å². The SMILES string of the molecule is CNC(CNc1ccc2cc(-c3ccccc3C(F)(F)F)[nH]c(=O)c2c1)COCc1ccccc1. The molecule has 35 heavy (non-hydrogen) atoms. The maximum absolute atomic E-state index is 13.4. The zero-order chi connectivity index (χ0) is 24.8. The number of likely N-dealkylation sites (N-methyl/N-ethyl adjacent to an activating group) is 1. The van der Waals surface area contributed by atoms with E-state index in [9.17, 15) is 18.0 Å². The normalized spacial score (nSPS) is 12.6.